The first kappa shape index (κ1) is 7.09. The van der Waals surface area contributed by atoms with E-state index in [1.807, 2.05) is 13.0 Å². The van der Waals surface area contributed by atoms with Gasteiger partial charge < -0.3 is 0 Å². The van der Waals surface area contributed by atoms with Crippen LogP contribution in [0, 0.1) is 5.92 Å². The summed E-state index contributed by atoms with van der Waals surface area (Å²) < 4.78 is 0. The van der Waals surface area contributed by atoms with Gasteiger partial charge in [0.15, 0.2) is 0 Å². The predicted octanol–water partition coefficient (Wildman–Crippen LogP) is 2.48. The van der Waals surface area contributed by atoms with Gasteiger partial charge in [0.25, 0.3) is 0 Å². The lowest BCUT2D eigenvalue weighted by atomic mass is 10.2. The first-order valence-corrected chi connectivity index (χ1v) is 2.98. The van der Waals surface area contributed by atoms with Gasteiger partial charge in [0.05, 0.1) is 0 Å². The third-order valence-corrected chi connectivity index (χ3v) is 1.66. The molecule has 42 valence electrons. The number of thiol groups is 1. The van der Waals surface area contributed by atoms with Gasteiger partial charge in [-0.15, -0.1) is 12.6 Å². The highest BCUT2D eigenvalue weighted by molar-refractivity contribution is 7.84. The molecule has 0 aromatic carbocycles. The molecule has 0 radical (unpaired) electrons. The fourth-order valence-electron chi connectivity index (χ4n) is 0.333. The Morgan fingerprint density at radius 1 is 1.57 bits per heavy atom. The quantitative estimate of drug-likeness (QED) is 0.500. The van der Waals surface area contributed by atoms with E-state index in [-0.39, 0.29) is 0 Å². The van der Waals surface area contributed by atoms with Gasteiger partial charge in [-0.2, -0.15) is 0 Å². The van der Waals surface area contributed by atoms with Crippen molar-refractivity contribution in [2.75, 3.05) is 0 Å². The zero-order valence-corrected chi connectivity index (χ0v) is 6.00. The van der Waals surface area contributed by atoms with Crippen molar-refractivity contribution in [3.05, 3.63) is 11.0 Å². The topological polar surface area (TPSA) is 0 Å². The van der Waals surface area contributed by atoms with Crippen molar-refractivity contribution in [1.82, 2.24) is 0 Å². The summed E-state index contributed by atoms with van der Waals surface area (Å²) in [6.07, 6.45) is 2.02. The van der Waals surface area contributed by atoms with E-state index in [4.69, 9.17) is 0 Å². The molecule has 0 nitrogen and oxygen atoms in total. The SMILES string of the molecule is C/C=C(\S)C(C)C. The van der Waals surface area contributed by atoms with E-state index in [1.165, 1.54) is 4.91 Å². The molecule has 0 saturated carbocycles. The molecule has 0 amide bonds. The molecule has 0 bridgehead atoms. The molecule has 0 heterocycles. The van der Waals surface area contributed by atoms with Crippen molar-refractivity contribution in [3.63, 3.8) is 0 Å². The standard InChI is InChI=1S/C6H12S/c1-4-6(7)5(2)3/h4-5,7H,1-3H3/b6-4-. The maximum atomic E-state index is 4.19. The molecule has 0 unspecified atom stereocenters. The van der Waals surface area contributed by atoms with Crippen LogP contribution in [0.5, 0.6) is 0 Å². The van der Waals surface area contributed by atoms with Crippen LogP contribution in [0.15, 0.2) is 11.0 Å². The lowest BCUT2D eigenvalue weighted by Gasteiger charge is -1.99. The first-order valence-electron chi connectivity index (χ1n) is 2.53. The van der Waals surface area contributed by atoms with Crippen molar-refractivity contribution in [2.45, 2.75) is 20.8 Å². The second-order valence-electron chi connectivity index (χ2n) is 1.87. The van der Waals surface area contributed by atoms with Gasteiger partial charge in [0, 0.05) is 0 Å². The van der Waals surface area contributed by atoms with Crippen LogP contribution in [0.4, 0.5) is 0 Å². The minimum atomic E-state index is 0.591. The molecule has 0 saturated heterocycles. The molecule has 0 aromatic heterocycles. The third kappa shape index (κ3) is 2.75. The van der Waals surface area contributed by atoms with Gasteiger partial charge >= 0.3 is 0 Å². The molecule has 0 fully saturated rings. The van der Waals surface area contributed by atoms with E-state index in [1.54, 1.807) is 0 Å². The Morgan fingerprint density at radius 3 is 2.00 bits per heavy atom. The van der Waals surface area contributed by atoms with Crippen LogP contribution in [0.25, 0.3) is 0 Å². The second kappa shape index (κ2) is 3.14. The van der Waals surface area contributed by atoms with Crippen LogP contribution in [0.2, 0.25) is 0 Å². The molecule has 0 aliphatic rings. The Morgan fingerprint density at radius 2 is 2.00 bits per heavy atom. The molecule has 0 N–H and O–H groups in total. The highest BCUT2D eigenvalue weighted by Gasteiger charge is 1.91. The zero-order chi connectivity index (χ0) is 5.86. The highest BCUT2D eigenvalue weighted by atomic mass is 32.1. The molecule has 0 spiro atoms. The lowest BCUT2D eigenvalue weighted by molar-refractivity contribution is 0.816. The maximum absolute atomic E-state index is 4.19. The van der Waals surface area contributed by atoms with Crippen LogP contribution < -0.4 is 0 Å². The van der Waals surface area contributed by atoms with E-state index in [0.717, 1.165) is 0 Å². The zero-order valence-electron chi connectivity index (χ0n) is 5.10. The van der Waals surface area contributed by atoms with Crippen LogP contribution in [-0.4, -0.2) is 0 Å². The lowest BCUT2D eigenvalue weighted by Crippen LogP contribution is -1.82. The van der Waals surface area contributed by atoms with E-state index in [0.29, 0.717) is 5.92 Å². The minimum absolute atomic E-state index is 0.591. The summed E-state index contributed by atoms with van der Waals surface area (Å²) >= 11 is 4.19. The number of rotatable bonds is 1. The van der Waals surface area contributed by atoms with Crippen molar-refractivity contribution in [1.29, 1.82) is 0 Å². The molecule has 0 aliphatic carbocycles. The Bertz CT molecular complexity index is 72.2. The number of hydrogen-bond acceptors (Lipinski definition) is 1. The second-order valence-corrected chi connectivity index (χ2v) is 2.38. The van der Waals surface area contributed by atoms with Gasteiger partial charge in [0.1, 0.15) is 0 Å². The summed E-state index contributed by atoms with van der Waals surface area (Å²) in [4.78, 5) is 1.17. The van der Waals surface area contributed by atoms with E-state index >= 15 is 0 Å². The van der Waals surface area contributed by atoms with Gasteiger partial charge in [0.2, 0.25) is 0 Å². The fraction of sp³-hybridized carbons (Fsp3) is 0.667. The highest BCUT2D eigenvalue weighted by Crippen LogP contribution is 2.11. The van der Waals surface area contributed by atoms with Crippen molar-refractivity contribution in [3.8, 4) is 0 Å². The molecule has 0 aromatic rings. The molecular weight excluding hydrogens is 104 g/mol. The monoisotopic (exact) mass is 116 g/mol. The summed E-state index contributed by atoms with van der Waals surface area (Å²) in [5, 5.41) is 0. The molecule has 0 aliphatic heterocycles. The Labute approximate surface area is 51.0 Å². The molecule has 7 heavy (non-hydrogen) atoms. The average molecular weight is 116 g/mol. The van der Waals surface area contributed by atoms with E-state index in [9.17, 15) is 0 Å². The van der Waals surface area contributed by atoms with E-state index in [2.05, 4.69) is 26.5 Å². The Kier molecular flexibility index (Phi) is 3.18. The fourth-order valence-corrected chi connectivity index (χ4v) is 0.333. The summed E-state index contributed by atoms with van der Waals surface area (Å²) in [5.41, 5.74) is 0. The van der Waals surface area contributed by atoms with Crippen LogP contribution in [-0.2, 0) is 0 Å². The molecule has 0 rings (SSSR count). The van der Waals surface area contributed by atoms with Gasteiger partial charge in [-0.05, 0) is 17.7 Å². The molecule has 0 atom stereocenters. The molecule has 1 heteroatoms. The normalized spacial score (nSPS) is 13.0. The summed E-state index contributed by atoms with van der Waals surface area (Å²) in [6.45, 7) is 6.26. The number of hydrogen-bond donors (Lipinski definition) is 1. The van der Waals surface area contributed by atoms with Gasteiger partial charge in [-0.25, -0.2) is 0 Å². The number of allylic oxidation sites excluding steroid dienone is 2. The smallest absolute Gasteiger partial charge is 0.0165 e. The van der Waals surface area contributed by atoms with Crippen molar-refractivity contribution in [2.24, 2.45) is 5.92 Å². The van der Waals surface area contributed by atoms with Crippen molar-refractivity contribution < 1.29 is 0 Å². The van der Waals surface area contributed by atoms with E-state index < -0.39 is 0 Å². The largest absolute Gasteiger partial charge is 0.148 e. The van der Waals surface area contributed by atoms with Gasteiger partial charge in [-0.3, -0.25) is 0 Å². The summed E-state index contributed by atoms with van der Waals surface area (Å²) in [5.74, 6) is 0.591. The Hall–Kier alpha value is 0.0900. The van der Waals surface area contributed by atoms with Crippen molar-refractivity contribution >= 4 is 12.6 Å². The predicted molar refractivity (Wildman–Crippen MR) is 37.6 cm³/mol. The van der Waals surface area contributed by atoms with Crippen LogP contribution in [0.1, 0.15) is 20.8 Å². The third-order valence-electron chi connectivity index (χ3n) is 0.887. The summed E-state index contributed by atoms with van der Waals surface area (Å²) in [6, 6.07) is 0. The maximum Gasteiger partial charge on any atom is -0.0165 e. The van der Waals surface area contributed by atoms with Crippen LogP contribution in [0.3, 0.4) is 0 Å². The van der Waals surface area contributed by atoms with Gasteiger partial charge in [-0.1, -0.05) is 19.9 Å². The minimum Gasteiger partial charge on any atom is -0.148 e. The summed E-state index contributed by atoms with van der Waals surface area (Å²) in [7, 11) is 0. The Balaban J connectivity index is 3.56. The first-order chi connectivity index (χ1) is 3.18. The molecular formula is C6H12S. The average Bonchev–Trinajstić information content (AvgIpc) is 1.65. The van der Waals surface area contributed by atoms with Crippen LogP contribution >= 0.6 is 12.6 Å².